The maximum Gasteiger partial charge on any atom is 0.329 e. The standard InChI is InChI=1S/C12H18N4O3S/c17-12(16-3-2-13-10-16)15-6-4-14(5-7-15)11-1-8-20(18,19)9-11/h2-3,10-11H,1,4-9H2. The first kappa shape index (κ1) is 13.6. The molecular weight excluding hydrogens is 280 g/mol. The fourth-order valence-corrected chi connectivity index (χ4v) is 4.64. The van der Waals surface area contributed by atoms with E-state index in [-0.39, 0.29) is 17.8 Å². The van der Waals surface area contributed by atoms with E-state index in [4.69, 9.17) is 0 Å². The molecule has 0 aromatic carbocycles. The van der Waals surface area contributed by atoms with Crippen molar-refractivity contribution in [1.82, 2.24) is 19.4 Å². The number of imidazole rings is 1. The lowest BCUT2D eigenvalue weighted by atomic mass is 10.2. The van der Waals surface area contributed by atoms with E-state index in [0.717, 1.165) is 19.5 Å². The van der Waals surface area contributed by atoms with Crippen molar-refractivity contribution in [3.05, 3.63) is 18.7 Å². The minimum Gasteiger partial charge on any atom is -0.321 e. The normalized spacial score (nSPS) is 26.8. The van der Waals surface area contributed by atoms with Gasteiger partial charge in [0.25, 0.3) is 0 Å². The van der Waals surface area contributed by atoms with Crippen LogP contribution in [0.3, 0.4) is 0 Å². The molecule has 0 saturated carbocycles. The molecule has 1 amide bonds. The Morgan fingerprint density at radius 2 is 1.95 bits per heavy atom. The Labute approximate surface area is 118 Å². The van der Waals surface area contributed by atoms with Crippen LogP contribution in [-0.4, -0.2) is 77.5 Å². The highest BCUT2D eigenvalue weighted by Gasteiger charge is 2.34. The predicted octanol–water partition coefficient (Wildman–Crippen LogP) is -0.344. The Bertz CT molecular complexity index is 576. The molecule has 2 aliphatic heterocycles. The third-order valence-electron chi connectivity index (χ3n) is 4.03. The highest BCUT2D eigenvalue weighted by atomic mass is 32.2. The van der Waals surface area contributed by atoms with Crippen LogP contribution >= 0.6 is 0 Å². The maximum atomic E-state index is 12.1. The van der Waals surface area contributed by atoms with Crippen molar-refractivity contribution in [2.75, 3.05) is 37.7 Å². The van der Waals surface area contributed by atoms with Crippen LogP contribution in [0, 0.1) is 0 Å². The smallest absolute Gasteiger partial charge is 0.321 e. The quantitative estimate of drug-likeness (QED) is 0.709. The van der Waals surface area contributed by atoms with Gasteiger partial charge in [0.15, 0.2) is 9.84 Å². The first-order valence-electron chi connectivity index (χ1n) is 6.77. The molecule has 1 aromatic rings. The topological polar surface area (TPSA) is 75.5 Å². The van der Waals surface area contributed by atoms with E-state index < -0.39 is 9.84 Å². The second-order valence-corrected chi connectivity index (χ2v) is 7.56. The van der Waals surface area contributed by atoms with E-state index in [1.807, 2.05) is 0 Å². The molecule has 1 unspecified atom stereocenters. The molecule has 2 aliphatic rings. The average Bonchev–Trinajstić information content (AvgIpc) is 3.07. The molecule has 7 nitrogen and oxygen atoms in total. The van der Waals surface area contributed by atoms with Crippen molar-refractivity contribution in [3.8, 4) is 0 Å². The van der Waals surface area contributed by atoms with Gasteiger partial charge in [-0.25, -0.2) is 18.2 Å². The summed E-state index contributed by atoms with van der Waals surface area (Å²) < 4.78 is 24.5. The lowest BCUT2D eigenvalue weighted by Crippen LogP contribution is -2.53. The summed E-state index contributed by atoms with van der Waals surface area (Å²) in [6, 6.07) is 0.0618. The van der Waals surface area contributed by atoms with E-state index in [9.17, 15) is 13.2 Å². The molecular formula is C12H18N4O3S. The molecule has 1 atom stereocenters. The van der Waals surface area contributed by atoms with E-state index in [0.29, 0.717) is 18.8 Å². The molecule has 0 radical (unpaired) electrons. The number of aromatic nitrogens is 2. The largest absolute Gasteiger partial charge is 0.329 e. The van der Waals surface area contributed by atoms with Crippen molar-refractivity contribution >= 4 is 15.9 Å². The summed E-state index contributed by atoms with van der Waals surface area (Å²) in [6.45, 7) is 2.74. The van der Waals surface area contributed by atoms with Crippen LogP contribution in [0.5, 0.6) is 0 Å². The molecule has 0 N–H and O–H groups in total. The van der Waals surface area contributed by atoms with Crippen LogP contribution < -0.4 is 0 Å². The van der Waals surface area contributed by atoms with Crippen LogP contribution in [0.2, 0.25) is 0 Å². The van der Waals surface area contributed by atoms with Gasteiger partial charge in [-0.3, -0.25) is 9.47 Å². The van der Waals surface area contributed by atoms with Gasteiger partial charge in [0.2, 0.25) is 0 Å². The number of nitrogens with zero attached hydrogens (tertiary/aromatic N) is 4. The number of rotatable bonds is 1. The van der Waals surface area contributed by atoms with Gasteiger partial charge in [-0.1, -0.05) is 0 Å². The zero-order chi connectivity index (χ0) is 14.2. The van der Waals surface area contributed by atoms with Crippen LogP contribution in [0.4, 0.5) is 4.79 Å². The van der Waals surface area contributed by atoms with Gasteiger partial charge in [-0.2, -0.15) is 0 Å². The highest BCUT2D eigenvalue weighted by Crippen LogP contribution is 2.19. The molecule has 0 aliphatic carbocycles. The van der Waals surface area contributed by atoms with Crippen LogP contribution in [-0.2, 0) is 9.84 Å². The molecule has 2 fully saturated rings. The Morgan fingerprint density at radius 1 is 1.20 bits per heavy atom. The number of carbonyl (C=O) groups excluding carboxylic acids is 1. The summed E-state index contributed by atoms with van der Waals surface area (Å²) in [7, 11) is -2.84. The van der Waals surface area contributed by atoms with Gasteiger partial charge >= 0.3 is 6.03 Å². The van der Waals surface area contributed by atoms with Gasteiger partial charge in [-0.05, 0) is 6.42 Å². The van der Waals surface area contributed by atoms with Gasteiger partial charge in [0, 0.05) is 44.6 Å². The van der Waals surface area contributed by atoms with E-state index in [1.54, 1.807) is 17.3 Å². The Balaban J connectivity index is 1.56. The minimum atomic E-state index is -2.84. The highest BCUT2D eigenvalue weighted by molar-refractivity contribution is 7.91. The summed E-state index contributed by atoms with van der Waals surface area (Å²) in [5.74, 6) is 0.564. The molecule has 1 aromatic heterocycles. The van der Waals surface area contributed by atoms with Crippen molar-refractivity contribution < 1.29 is 13.2 Å². The first-order chi connectivity index (χ1) is 9.55. The summed E-state index contributed by atoms with van der Waals surface area (Å²) in [4.78, 5) is 20.0. The first-order valence-corrected chi connectivity index (χ1v) is 8.59. The summed E-state index contributed by atoms with van der Waals surface area (Å²) in [5.41, 5.74) is 0. The fourth-order valence-electron chi connectivity index (χ4n) is 2.88. The van der Waals surface area contributed by atoms with Gasteiger partial charge in [-0.15, -0.1) is 0 Å². The van der Waals surface area contributed by atoms with Crippen LogP contribution in [0.1, 0.15) is 6.42 Å². The number of hydrogen-bond acceptors (Lipinski definition) is 5. The van der Waals surface area contributed by atoms with Crippen molar-refractivity contribution in [2.45, 2.75) is 12.5 Å². The minimum absolute atomic E-state index is 0.0683. The Morgan fingerprint density at radius 3 is 2.50 bits per heavy atom. The van der Waals surface area contributed by atoms with Crippen molar-refractivity contribution in [3.63, 3.8) is 0 Å². The van der Waals surface area contributed by atoms with E-state index in [1.165, 1.54) is 10.9 Å². The van der Waals surface area contributed by atoms with E-state index >= 15 is 0 Å². The fraction of sp³-hybridized carbons (Fsp3) is 0.667. The monoisotopic (exact) mass is 298 g/mol. The van der Waals surface area contributed by atoms with E-state index in [2.05, 4.69) is 9.88 Å². The number of hydrogen-bond donors (Lipinski definition) is 0. The molecule has 0 bridgehead atoms. The number of sulfone groups is 1. The number of carbonyl (C=O) groups is 1. The lowest BCUT2D eigenvalue weighted by molar-refractivity contribution is 0.116. The number of amides is 1. The molecule has 0 spiro atoms. The lowest BCUT2D eigenvalue weighted by Gasteiger charge is -2.37. The van der Waals surface area contributed by atoms with Gasteiger partial charge < -0.3 is 4.90 Å². The summed E-state index contributed by atoms with van der Waals surface area (Å²) in [5, 5.41) is 0. The third kappa shape index (κ3) is 2.71. The third-order valence-corrected chi connectivity index (χ3v) is 5.79. The zero-order valence-electron chi connectivity index (χ0n) is 11.2. The molecule has 20 heavy (non-hydrogen) atoms. The molecule has 2 saturated heterocycles. The SMILES string of the molecule is O=C(N1CCN(C2CCS(=O)(=O)C2)CC1)n1ccnc1. The second kappa shape index (κ2) is 5.17. The van der Waals surface area contributed by atoms with Crippen LogP contribution in [0.15, 0.2) is 18.7 Å². The Hall–Kier alpha value is -1.41. The number of piperazine rings is 1. The molecule has 3 rings (SSSR count). The molecule has 110 valence electrons. The van der Waals surface area contributed by atoms with Crippen LogP contribution in [0.25, 0.3) is 0 Å². The average molecular weight is 298 g/mol. The molecule has 8 heteroatoms. The second-order valence-electron chi connectivity index (χ2n) is 5.33. The Kier molecular flexibility index (Phi) is 3.51. The van der Waals surface area contributed by atoms with Crippen molar-refractivity contribution in [1.29, 1.82) is 0 Å². The molecule has 3 heterocycles. The maximum absolute atomic E-state index is 12.1. The van der Waals surface area contributed by atoms with Gasteiger partial charge in [0.05, 0.1) is 11.5 Å². The van der Waals surface area contributed by atoms with Crippen molar-refractivity contribution in [2.24, 2.45) is 0 Å². The summed E-state index contributed by atoms with van der Waals surface area (Å²) >= 11 is 0. The summed E-state index contributed by atoms with van der Waals surface area (Å²) in [6.07, 6.45) is 5.44. The van der Waals surface area contributed by atoms with Gasteiger partial charge in [0.1, 0.15) is 6.33 Å². The zero-order valence-corrected chi connectivity index (χ0v) is 12.0. The predicted molar refractivity (Wildman–Crippen MR) is 73.2 cm³/mol.